The number of halogens is 1. The van der Waals surface area contributed by atoms with Crippen molar-refractivity contribution in [3.63, 3.8) is 0 Å². The van der Waals surface area contributed by atoms with Gasteiger partial charge in [0.05, 0.1) is 12.0 Å². The third-order valence-electron chi connectivity index (χ3n) is 9.62. The third-order valence-corrected chi connectivity index (χ3v) is 11.8. The Morgan fingerprint density at radius 1 is 1.02 bits per heavy atom. The van der Waals surface area contributed by atoms with Crippen LogP contribution in [0.15, 0.2) is 35.2 Å². The van der Waals surface area contributed by atoms with E-state index in [1.807, 2.05) is 32.9 Å². The first-order valence-corrected chi connectivity index (χ1v) is 17.3. The largest absolute Gasteiger partial charge is 0.496 e. The van der Waals surface area contributed by atoms with Crippen molar-refractivity contribution < 1.29 is 27.1 Å². The van der Waals surface area contributed by atoms with Crippen molar-refractivity contribution in [3.8, 4) is 5.75 Å². The second-order valence-electron chi connectivity index (χ2n) is 12.8. The van der Waals surface area contributed by atoms with E-state index in [4.69, 9.17) is 9.47 Å². The molecule has 0 aromatic heterocycles. The SMILES string of the molecule is COc1cc(C)c(S(=O)(=O)N2CCC(CCOCC(=O)NC3CCC(C(c4ccc(F)cc4)N(C)C)CC3)CC2)c(C)c1C. The van der Waals surface area contributed by atoms with Crippen LogP contribution < -0.4 is 10.1 Å². The normalized spacial score (nSPS) is 20.9. The van der Waals surface area contributed by atoms with E-state index in [1.165, 1.54) is 12.1 Å². The number of benzene rings is 2. The van der Waals surface area contributed by atoms with E-state index in [9.17, 15) is 17.6 Å². The molecule has 1 heterocycles. The molecule has 1 saturated carbocycles. The lowest BCUT2D eigenvalue weighted by Gasteiger charge is -2.37. The Kier molecular flexibility index (Phi) is 11.8. The van der Waals surface area contributed by atoms with Gasteiger partial charge in [0.15, 0.2) is 0 Å². The van der Waals surface area contributed by atoms with Gasteiger partial charge in [-0.25, -0.2) is 12.8 Å². The molecule has 1 aliphatic carbocycles. The highest BCUT2D eigenvalue weighted by Gasteiger charge is 2.33. The number of nitrogens with zero attached hydrogens (tertiary/aromatic N) is 2. The Morgan fingerprint density at radius 2 is 1.66 bits per heavy atom. The molecule has 2 aromatic carbocycles. The van der Waals surface area contributed by atoms with E-state index in [0.717, 1.165) is 61.6 Å². The monoisotopic (exact) mass is 631 g/mol. The van der Waals surface area contributed by atoms with Crippen LogP contribution in [0.25, 0.3) is 0 Å². The quantitative estimate of drug-likeness (QED) is 0.310. The third kappa shape index (κ3) is 8.19. The fourth-order valence-corrected chi connectivity index (χ4v) is 9.07. The number of piperidine rings is 1. The van der Waals surface area contributed by atoms with Crippen molar-refractivity contribution in [2.24, 2.45) is 11.8 Å². The van der Waals surface area contributed by atoms with Gasteiger partial charge in [-0.2, -0.15) is 4.31 Å². The summed E-state index contributed by atoms with van der Waals surface area (Å²) in [5.41, 5.74) is 3.42. The molecule has 8 nitrogen and oxygen atoms in total. The summed E-state index contributed by atoms with van der Waals surface area (Å²) in [5.74, 6) is 1.22. The molecule has 2 fully saturated rings. The number of nitrogens with one attached hydrogen (secondary N) is 1. The zero-order valence-corrected chi connectivity index (χ0v) is 28.0. The number of carbonyl (C=O) groups excluding carboxylic acids is 1. The second-order valence-corrected chi connectivity index (χ2v) is 14.7. The van der Waals surface area contributed by atoms with Gasteiger partial charge in [-0.05, 0) is 132 Å². The molecule has 1 aliphatic heterocycles. The van der Waals surface area contributed by atoms with Crippen molar-refractivity contribution in [2.75, 3.05) is 47.5 Å². The van der Waals surface area contributed by atoms with Crippen molar-refractivity contribution in [2.45, 2.75) is 82.7 Å². The van der Waals surface area contributed by atoms with Crippen LogP contribution in [0.1, 0.15) is 73.2 Å². The van der Waals surface area contributed by atoms with Crippen LogP contribution in [0.2, 0.25) is 0 Å². The number of rotatable bonds is 12. The Morgan fingerprint density at radius 3 is 2.25 bits per heavy atom. The first kappa shape index (κ1) is 34.3. The molecule has 0 bridgehead atoms. The highest BCUT2D eigenvalue weighted by atomic mass is 32.2. The van der Waals surface area contributed by atoms with Gasteiger partial charge in [0.2, 0.25) is 15.9 Å². The lowest BCUT2D eigenvalue weighted by atomic mass is 9.78. The van der Waals surface area contributed by atoms with Gasteiger partial charge in [0, 0.05) is 31.8 Å². The zero-order valence-electron chi connectivity index (χ0n) is 27.2. The number of amides is 1. The maximum Gasteiger partial charge on any atom is 0.246 e. The minimum Gasteiger partial charge on any atom is -0.496 e. The fourth-order valence-electron chi connectivity index (χ4n) is 7.11. The molecule has 4 rings (SSSR count). The topological polar surface area (TPSA) is 88.2 Å². The Hall–Kier alpha value is -2.53. The first-order chi connectivity index (χ1) is 20.9. The molecule has 2 aromatic rings. The Labute approximate surface area is 263 Å². The van der Waals surface area contributed by atoms with Crippen LogP contribution in [0.3, 0.4) is 0 Å². The standard InChI is InChI=1S/C34H50FN3O5S/c1-23-21-31(42-6)24(2)25(3)34(23)44(40,41)38-18-15-26(16-19-38)17-20-43-22-32(39)36-30-13-9-28(10-14-30)33(37(4)5)27-7-11-29(35)12-8-27/h7-8,11-12,21,26,28,30,33H,9-10,13-20,22H2,1-6H3,(H,36,39). The molecular formula is C34H50FN3O5S. The molecule has 1 saturated heterocycles. The summed E-state index contributed by atoms with van der Waals surface area (Å²) >= 11 is 0. The Bertz CT molecular complexity index is 1370. The van der Waals surface area contributed by atoms with Gasteiger partial charge < -0.3 is 19.7 Å². The van der Waals surface area contributed by atoms with Gasteiger partial charge in [-0.1, -0.05) is 12.1 Å². The summed E-state index contributed by atoms with van der Waals surface area (Å²) in [6.45, 7) is 7.05. The van der Waals surface area contributed by atoms with Gasteiger partial charge in [0.25, 0.3) is 0 Å². The van der Waals surface area contributed by atoms with E-state index in [2.05, 4.69) is 24.3 Å². The Balaban J connectivity index is 1.16. The average Bonchev–Trinajstić information content (AvgIpc) is 2.99. The number of aryl methyl sites for hydroxylation is 1. The molecule has 0 radical (unpaired) electrons. The molecule has 2 aliphatic rings. The van der Waals surface area contributed by atoms with Crippen LogP contribution in [-0.2, 0) is 19.6 Å². The van der Waals surface area contributed by atoms with E-state index in [-0.39, 0.29) is 30.4 Å². The van der Waals surface area contributed by atoms with Crippen molar-refractivity contribution in [1.82, 2.24) is 14.5 Å². The number of methoxy groups -OCH3 is 1. The lowest BCUT2D eigenvalue weighted by Crippen LogP contribution is -2.41. The molecular weight excluding hydrogens is 581 g/mol. The molecule has 1 amide bonds. The van der Waals surface area contributed by atoms with Gasteiger partial charge >= 0.3 is 0 Å². The highest BCUT2D eigenvalue weighted by Crippen LogP contribution is 2.38. The van der Waals surface area contributed by atoms with Crippen LogP contribution in [0.4, 0.5) is 4.39 Å². The molecule has 10 heteroatoms. The molecule has 1 N–H and O–H groups in total. The summed E-state index contributed by atoms with van der Waals surface area (Å²) < 4.78 is 53.3. The van der Waals surface area contributed by atoms with Gasteiger partial charge in [0.1, 0.15) is 18.2 Å². The number of carbonyl (C=O) groups is 1. The first-order valence-electron chi connectivity index (χ1n) is 15.9. The van der Waals surface area contributed by atoms with Gasteiger partial charge in [-0.15, -0.1) is 0 Å². The van der Waals surface area contributed by atoms with Crippen LogP contribution in [-0.4, -0.2) is 77.1 Å². The molecule has 1 unspecified atom stereocenters. The van der Waals surface area contributed by atoms with Crippen LogP contribution >= 0.6 is 0 Å². The van der Waals surface area contributed by atoms with E-state index < -0.39 is 10.0 Å². The summed E-state index contributed by atoms with van der Waals surface area (Å²) in [6, 6.07) is 8.98. The fraction of sp³-hybridized carbons (Fsp3) is 0.618. The average molecular weight is 632 g/mol. The van der Waals surface area contributed by atoms with Gasteiger partial charge in [-0.3, -0.25) is 4.79 Å². The molecule has 244 valence electrons. The molecule has 1 atom stereocenters. The van der Waals surface area contributed by atoms with Crippen molar-refractivity contribution in [3.05, 3.63) is 58.4 Å². The summed E-state index contributed by atoms with van der Waals surface area (Å²) in [4.78, 5) is 15.2. The highest BCUT2D eigenvalue weighted by molar-refractivity contribution is 7.89. The summed E-state index contributed by atoms with van der Waals surface area (Å²) in [7, 11) is 2.13. The second kappa shape index (κ2) is 15.2. The maximum absolute atomic E-state index is 13.5. The zero-order chi connectivity index (χ0) is 32.0. The molecule has 44 heavy (non-hydrogen) atoms. The number of hydrogen-bond acceptors (Lipinski definition) is 6. The predicted octanol–water partition coefficient (Wildman–Crippen LogP) is 5.54. The minimum absolute atomic E-state index is 0.0401. The van der Waals surface area contributed by atoms with E-state index >= 15 is 0 Å². The number of sulfonamides is 1. The predicted molar refractivity (Wildman–Crippen MR) is 171 cm³/mol. The van der Waals surface area contributed by atoms with Crippen molar-refractivity contribution in [1.29, 1.82) is 0 Å². The van der Waals surface area contributed by atoms with Crippen LogP contribution in [0, 0.1) is 38.4 Å². The minimum atomic E-state index is -3.60. The number of hydrogen-bond donors (Lipinski definition) is 1. The summed E-state index contributed by atoms with van der Waals surface area (Å²) in [5, 5.41) is 3.14. The summed E-state index contributed by atoms with van der Waals surface area (Å²) in [6.07, 6.45) is 6.18. The van der Waals surface area contributed by atoms with E-state index in [1.54, 1.807) is 17.5 Å². The lowest BCUT2D eigenvalue weighted by molar-refractivity contribution is -0.126. The smallest absolute Gasteiger partial charge is 0.246 e. The number of ether oxygens (including phenoxy) is 2. The molecule has 0 spiro atoms. The van der Waals surface area contributed by atoms with E-state index in [0.29, 0.717) is 47.7 Å². The van der Waals surface area contributed by atoms with Crippen LogP contribution in [0.5, 0.6) is 5.75 Å². The maximum atomic E-state index is 13.5. The van der Waals surface area contributed by atoms with Crippen molar-refractivity contribution >= 4 is 15.9 Å².